The average molecular weight is 141 g/mol. The first kappa shape index (κ1) is 6.38. The molecule has 1 aromatic heterocycles. The molecular formula is C5H7N3S. The average Bonchev–Trinajstić information content (AvgIpc) is 1.88. The molecule has 1 aromatic rings. The zero-order chi connectivity index (χ0) is 6.69. The Hall–Kier alpha value is -0.740. The Morgan fingerprint density at radius 3 is 3.00 bits per heavy atom. The molecule has 48 valence electrons. The van der Waals surface area contributed by atoms with Gasteiger partial charge < -0.3 is 10.7 Å². The molecule has 0 aliphatic carbocycles. The zero-order valence-corrected chi connectivity index (χ0v) is 5.61. The maximum atomic E-state index is 5.31. The Labute approximate surface area is 57.9 Å². The molecule has 0 aromatic carbocycles. The third-order valence-corrected chi connectivity index (χ3v) is 1.16. The topological polar surface area (TPSA) is 54.7 Å². The van der Waals surface area contributed by atoms with E-state index in [2.05, 4.69) is 9.97 Å². The second-order valence-electron chi connectivity index (χ2n) is 1.60. The first-order valence-electron chi connectivity index (χ1n) is 2.57. The summed E-state index contributed by atoms with van der Waals surface area (Å²) in [5.74, 6) is 0. The van der Waals surface area contributed by atoms with Gasteiger partial charge in [0.25, 0.3) is 0 Å². The Bertz CT molecular complexity index is 242. The van der Waals surface area contributed by atoms with Gasteiger partial charge in [-0.2, -0.15) is 0 Å². The quantitative estimate of drug-likeness (QED) is 0.563. The molecule has 0 aliphatic rings. The highest BCUT2D eigenvalue weighted by atomic mass is 32.1. The van der Waals surface area contributed by atoms with Crippen LogP contribution in [0.15, 0.2) is 12.3 Å². The van der Waals surface area contributed by atoms with E-state index in [0.717, 1.165) is 5.69 Å². The molecule has 3 nitrogen and oxygen atoms in total. The van der Waals surface area contributed by atoms with Crippen molar-refractivity contribution in [1.29, 1.82) is 0 Å². The third kappa shape index (κ3) is 1.58. The molecule has 1 heterocycles. The van der Waals surface area contributed by atoms with Crippen molar-refractivity contribution < 1.29 is 0 Å². The first-order valence-corrected chi connectivity index (χ1v) is 2.98. The van der Waals surface area contributed by atoms with E-state index in [1.807, 2.05) is 0 Å². The summed E-state index contributed by atoms with van der Waals surface area (Å²) in [5, 5.41) is 0. The second kappa shape index (κ2) is 2.70. The van der Waals surface area contributed by atoms with Crippen LogP contribution in [0.4, 0.5) is 0 Å². The summed E-state index contributed by atoms with van der Waals surface area (Å²) in [6, 6.07) is 1.80. The summed E-state index contributed by atoms with van der Waals surface area (Å²) >= 11 is 4.74. The van der Waals surface area contributed by atoms with Gasteiger partial charge in [-0.25, -0.2) is 4.98 Å². The number of rotatable bonds is 1. The van der Waals surface area contributed by atoms with Gasteiger partial charge in [-0.15, -0.1) is 0 Å². The Morgan fingerprint density at radius 2 is 2.56 bits per heavy atom. The SMILES string of the molecule is NCc1ccnc(=S)[nH]1. The zero-order valence-electron chi connectivity index (χ0n) is 4.79. The minimum atomic E-state index is 0.478. The van der Waals surface area contributed by atoms with Crippen LogP contribution < -0.4 is 5.73 Å². The van der Waals surface area contributed by atoms with Gasteiger partial charge in [-0.3, -0.25) is 0 Å². The summed E-state index contributed by atoms with van der Waals surface area (Å²) in [7, 11) is 0. The van der Waals surface area contributed by atoms with Crippen molar-refractivity contribution in [1.82, 2.24) is 9.97 Å². The van der Waals surface area contributed by atoms with Crippen LogP contribution in [0.5, 0.6) is 0 Å². The maximum Gasteiger partial charge on any atom is 0.196 e. The minimum Gasteiger partial charge on any atom is -0.333 e. The number of nitrogens with one attached hydrogen (secondary N) is 1. The van der Waals surface area contributed by atoms with E-state index < -0.39 is 0 Å². The predicted molar refractivity (Wildman–Crippen MR) is 37.3 cm³/mol. The lowest BCUT2D eigenvalue weighted by molar-refractivity contribution is 0.953. The fraction of sp³-hybridized carbons (Fsp3) is 0.200. The van der Waals surface area contributed by atoms with E-state index in [0.29, 0.717) is 11.3 Å². The summed E-state index contributed by atoms with van der Waals surface area (Å²) in [5.41, 5.74) is 6.23. The number of aromatic nitrogens is 2. The molecule has 0 saturated carbocycles. The standard InChI is InChI=1S/C5H7N3S/c6-3-4-1-2-7-5(9)8-4/h1-2H,3,6H2,(H,7,8,9). The molecule has 0 aliphatic heterocycles. The first-order chi connectivity index (χ1) is 4.33. The van der Waals surface area contributed by atoms with Crippen LogP contribution >= 0.6 is 12.2 Å². The van der Waals surface area contributed by atoms with Gasteiger partial charge in [-0.05, 0) is 18.3 Å². The molecule has 4 heteroatoms. The number of nitrogens with two attached hydrogens (primary N) is 1. The lowest BCUT2D eigenvalue weighted by Gasteiger charge is -1.92. The van der Waals surface area contributed by atoms with Crippen LogP contribution in [0.3, 0.4) is 0 Å². The van der Waals surface area contributed by atoms with Crippen LogP contribution in [0.1, 0.15) is 5.69 Å². The van der Waals surface area contributed by atoms with Gasteiger partial charge in [0.2, 0.25) is 0 Å². The van der Waals surface area contributed by atoms with E-state index in [-0.39, 0.29) is 0 Å². The van der Waals surface area contributed by atoms with Crippen molar-refractivity contribution in [2.24, 2.45) is 5.73 Å². The van der Waals surface area contributed by atoms with Gasteiger partial charge in [0.1, 0.15) is 0 Å². The third-order valence-electron chi connectivity index (χ3n) is 0.955. The van der Waals surface area contributed by atoms with Crippen LogP contribution in [0.2, 0.25) is 0 Å². The number of hydrogen-bond acceptors (Lipinski definition) is 3. The molecule has 0 unspecified atom stereocenters. The van der Waals surface area contributed by atoms with Gasteiger partial charge >= 0.3 is 0 Å². The highest BCUT2D eigenvalue weighted by molar-refractivity contribution is 7.71. The smallest absolute Gasteiger partial charge is 0.196 e. The van der Waals surface area contributed by atoms with Crippen molar-refractivity contribution >= 4 is 12.2 Å². The largest absolute Gasteiger partial charge is 0.333 e. The van der Waals surface area contributed by atoms with E-state index in [4.69, 9.17) is 18.0 Å². The van der Waals surface area contributed by atoms with Crippen molar-refractivity contribution in [3.8, 4) is 0 Å². The molecule has 0 atom stereocenters. The summed E-state index contributed by atoms with van der Waals surface area (Å²) < 4.78 is 0.484. The normalized spacial score (nSPS) is 9.44. The molecule has 0 fully saturated rings. The second-order valence-corrected chi connectivity index (χ2v) is 1.99. The molecule has 0 spiro atoms. The van der Waals surface area contributed by atoms with Crippen LogP contribution in [0, 0.1) is 4.77 Å². The Morgan fingerprint density at radius 1 is 1.78 bits per heavy atom. The van der Waals surface area contributed by atoms with Crippen molar-refractivity contribution in [2.45, 2.75) is 6.54 Å². The Balaban J connectivity index is 3.08. The monoisotopic (exact) mass is 141 g/mol. The van der Waals surface area contributed by atoms with Gasteiger partial charge in [0.15, 0.2) is 4.77 Å². The summed E-state index contributed by atoms with van der Waals surface area (Å²) in [6.07, 6.45) is 1.64. The molecule has 0 bridgehead atoms. The molecular weight excluding hydrogens is 134 g/mol. The number of H-pyrrole nitrogens is 1. The van der Waals surface area contributed by atoms with E-state index in [1.54, 1.807) is 12.3 Å². The fourth-order valence-electron chi connectivity index (χ4n) is 0.525. The molecule has 1 rings (SSSR count). The number of aromatic amines is 1. The predicted octanol–water partition coefficient (Wildman–Crippen LogP) is 0.598. The highest BCUT2D eigenvalue weighted by Crippen LogP contribution is 1.88. The summed E-state index contributed by atoms with van der Waals surface area (Å²) in [6.45, 7) is 0.478. The lowest BCUT2D eigenvalue weighted by atomic mass is 10.4. The highest BCUT2D eigenvalue weighted by Gasteiger charge is 1.84. The maximum absolute atomic E-state index is 5.31. The van der Waals surface area contributed by atoms with Crippen LogP contribution in [-0.4, -0.2) is 9.97 Å². The molecule has 9 heavy (non-hydrogen) atoms. The van der Waals surface area contributed by atoms with E-state index in [9.17, 15) is 0 Å². The van der Waals surface area contributed by atoms with E-state index in [1.165, 1.54) is 0 Å². The molecule has 3 N–H and O–H groups in total. The van der Waals surface area contributed by atoms with Crippen molar-refractivity contribution in [3.63, 3.8) is 0 Å². The molecule has 0 radical (unpaired) electrons. The van der Waals surface area contributed by atoms with Crippen molar-refractivity contribution in [3.05, 3.63) is 22.7 Å². The van der Waals surface area contributed by atoms with Gasteiger partial charge in [0, 0.05) is 18.4 Å². The van der Waals surface area contributed by atoms with Crippen LogP contribution in [0.25, 0.3) is 0 Å². The van der Waals surface area contributed by atoms with Crippen molar-refractivity contribution in [2.75, 3.05) is 0 Å². The minimum absolute atomic E-state index is 0.478. The van der Waals surface area contributed by atoms with E-state index >= 15 is 0 Å². The lowest BCUT2D eigenvalue weighted by Crippen LogP contribution is -1.99. The Kier molecular flexibility index (Phi) is 1.92. The summed E-state index contributed by atoms with van der Waals surface area (Å²) in [4.78, 5) is 6.63. The number of hydrogen-bond donors (Lipinski definition) is 2. The fourth-order valence-corrected chi connectivity index (χ4v) is 0.717. The molecule has 0 saturated heterocycles. The van der Waals surface area contributed by atoms with Gasteiger partial charge in [0.05, 0.1) is 0 Å². The van der Waals surface area contributed by atoms with Crippen LogP contribution in [-0.2, 0) is 6.54 Å². The van der Waals surface area contributed by atoms with Gasteiger partial charge in [-0.1, -0.05) is 0 Å². The molecule has 0 amide bonds. The number of nitrogens with zero attached hydrogens (tertiary/aromatic N) is 1.